The van der Waals surface area contributed by atoms with Crippen LogP contribution in [0.15, 0.2) is 54.7 Å². The lowest BCUT2D eigenvalue weighted by Crippen LogP contribution is -2.10. The molecular formula is C20H22N2O2. The van der Waals surface area contributed by atoms with E-state index in [0.717, 1.165) is 23.3 Å². The maximum absolute atomic E-state index is 12.4. The Morgan fingerprint density at radius 1 is 1.12 bits per heavy atom. The fraction of sp³-hybridized carbons (Fsp3) is 0.250. The van der Waals surface area contributed by atoms with E-state index in [1.165, 1.54) is 5.56 Å². The molecule has 0 fully saturated rings. The Balaban J connectivity index is 2.09. The molecule has 24 heavy (non-hydrogen) atoms. The number of pyridine rings is 1. The molecule has 0 spiro atoms. The summed E-state index contributed by atoms with van der Waals surface area (Å²) in [5.74, 6) is -0.284. The first kappa shape index (κ1) is 16.3. The van der Waals surface area contributed by atoms with Gasteiger partial charge in [0.15, 0.2) is 0 Å². The molecule has 0 saturated carbocycles. The largest absolute Gasteiger partial charge is 0.462 e. The molecule has 2 aromatic heterocycles. The normalized spacial score (nSPS) is 11.2. The van der Waals surface area contributed by atoms with Crippen LogP contribution in [0.5, 0.6) is 0 Å². The van der Waals surface area contributed by atoms with Gasteiger partial charge in [0.05, 0.1) is 17.9 Å². The predicted molar refractivity (Wildman–Crippen MR) is 96.2 cm³/mol. The van der Waals surface area contributed by atoms with E-state index in [0.29, 0.717) is 12.2 Å². The maximum Gasteiger partial charge on any atom is 0.340 e. The van der Waals surface area contributed by atoms with Crippen molar-refractivity contribution in [3.05, 3.63) is 65.9 Å². The maximum atomic E-state index is 12.4. The summed E-state index contributed by atoms with van der Waals surface area (Å²) in [6, 6.07) is 16.2. The zero-order chi connectivity index (χ0) is 17.1. The molecule has 0 aliphatic carbocycles. The number of esters is 1. The summed E-state index contributed by atoms with van der Waals surface area (Å²) in [6.07, 6.45) is 1.97. The number of hydrogen-bond acceptors (Lipinski definition) is 3. The number of hydrogen-bond donors (Lipinski definition) is 0. The van der Waals surface area contributed by atoms with Crippen molar-refractivity contribution in [2.24, 2.45) is 0 Å². The molecule has 3 aromatic rings. The van der Waals surface area contributed by atoms with Gasteiger partial charge in [-0.2, -0.15) is 0 Å². The number of benzene rings is 1. The SMILES string of the molecule is CCOC(=O)c1cc2ccccn2c1-c1ccc(CN(C)C)cc1. The van der Waals surface area contributed by atoms with Crippen molar-refractivity contribution in [3.8, 4) is 11.3 Å². The molecule has 0 N–H and O–H groups in total. The van der Waals surface area contributed by atoms with E-state index in [9.17, 15) is 4.79 Å². The highest BCUT2D eigenvalue weighted by atomic mass is 16.5. The van der Waals surface area contributed by atoms with Gasteiger partial charge < -0.3 is 14.0 Å². The Hall–Kier alpha value is -2.59. The molecular weight excluding hydrogens is 300 g/mol. The van der Waals surface area contributed by atoms with Crippen LogP contribution in [0.1, 0.15) is 22.8 Å². The summed E-state index contributed by atoms with van der Waals surface area (Å²) >= 11 is 0. The number of fused-ring (bicyclic) bond motifs is 1. The van der Waals surface area contributed by atoms with E-state index in [1.807, 2.05) is 55.9 Å². The molecule has 1 aromatic carbocycles. The van der Waals surface area contributed by atoms with Crippen LogP contribution < -0.4 is 0 Å². The lowest BCUT2D eigenvalue weighted by atomic mass is 10.1. The van der Waals surface area contributed by atoms with Crippen molar-refractivity contribution in [1.29, 1.82) is 0 Å². The third-order valence-corrected chi connectivity index (χ3v) is 3.90. The molecule has 124 valence electrons. The zero-order valence-corrected chi connectivity index (χ0v) is 14.3. The Morgan fingerprint density at radius 3 is 2.54 bits per heavy atom. The van der Waals surface area contributed by atoms with Crippen LogP contribution in [0.4, 0.5) is 0 Å². The van der Waals surface area contributed by atoms with E-state index in [2.05, 4.69) is 29.2 Å². The highest BCUT2D eigenvalue weighted by molar-refractivity contribution is 5.99. The van der Waals surface area contributed by atoms with Crippen molar-refractivity contribution < 1.29 is 9.53 Å². The Morgan fingerprint density at radius 2 is 1.88 bits per heavy atom. The third-order valence-electron chi connectivity index (χ3n) is 3.90. The second-order valence-electron chi connectivity index (χ2n) is 6.06. The molecule has 0 saturated heterocycles. The Bertz CT molecular complexity index is 848. The fourth-order valence-corrected chi connectivity index (χ4v) is 2.92. The van der Waals surface area contributed by atoms with Crippen LogP contribution >= 0.6 is 0 Å². The molecule has 4 heteroatoms. The summed E-state index contributed by atoms with van der Waals surface area (Å²) < 4.78 is 7.27. The average molecular weight is 322 g/mol. The fourth-order valence-electron chi connectivity index (χ4n) is 2.92. The molecule has 0 bridgehead atoms. The second kappa shape index (κ2) is 6.89. The van der Waals surface area contributed by atoms with Gasteiger partial charge in [-0.1, -0.05) is 30.3 Å². The summed E-state index contributed by atoms with van der Waals surface area (Å²) in [5, 5.41) is 0. The van der Waals surface area contributed by atoms with E-state index >= 15 is 0 Å². The summed E-state index contributed by atoms with van der Waals surface area (Å²) in [7, 11) is 4.10. The van der Waals surface area contributed by atoms with Crippen molar-refractivity contribution in [2.45, 2.75) is 13.5 Å². The molecule has 0 amide bonds. The van der Waals surface area contributed by atoms with Crippen LogP contribution in [0.25, 0.3) is 16.8 Å². The third kappa shape index (κ3) is 3.19. The predicted octanol–water partition coefficient (Wildman–Crippen LogP) is 3.84. The van der Waals surface area contributed by atoms with Crippen LogP contribution in [-0.2, 0) is 11.3 Å². The summed E-state index contributed by atoms with van der Waals surface area (Å²) in [6.45, 7) is 3.08. The Labute approximate surface area is 142 Å². The molecule has 3 rings (SSSR count). The van der Waals surface area contributed by atoms with Gasteiger partial charge in [-0.25, -0.2) is 4.79 Å². The number of carbonyl (C=O) groups excluding carboxylic acids is 1. The molecule has 0 aliphatic heterocycles. The molecule has 4 nitrogen and oxygen atoms in total. The number of aromatic nitrogens is 1. The van der Waals surface area contributed by atoms with Crippen LogP contribution in [0.2, 0.25) is 0 Å². The van der Waals surface area contributed by atoms with Crippen molar-refractivity contribution >= 4 is 11.5 Å². The first-order valence-corrected chi connectivity index (χ1v) is 8.11. The minimum atomic E-state index is -0.284. The van der Waals surface area contributed by atoms with Gasteiger partial charge in [-0.05, 0) is 50.3 Å². The monoisotopic (exact) mass is 322 g/mol. The van der Waals surface area contributed by atoms with Gasteiger partial charge in [0.25, 0.3) is 0 Å². The van der Waals surface area contributed by atoms with Crippen LogP contribution in [0.3, 0.4) is 0 Å². The lowest BCUT2D eigenvalue weighted by molar-refractivity contribution is 0.0527. The number of rotatable bonds is 5. The van der Waals surface area contributed by atoms with E-state index in [1.54, 1.807) is 0 Å². The van der Waals surface area contributed by atoms with E-state index in [-0.39, 0.29) is 5.97 Å². The van der Waals surface area contributed by atoms with Gasteiger partial charge in [-0.3, -0.25) is 0 Å². The number of ether oxygens (including phenoxy) is 1. The standard InChI is InChI=1S/C20H22N2O2/c1-4-24-20(23)18-13-17-7-5-6-12-22(17)19(18)16-10-8-15(9-11-16)14-21(2)3/h5-13H,4,14H2,1-3H3. The quantitative estimate of drug-likeness (QED) is 0.669. The number of nitrogens with zero attached hydrogens (tertiary/aromatic N) is 2. The zero-order valence-electron chi connectivity index (χ0n) is 14.3. The first-order chi connectivity index (χ1) is 11.6. The first-order valence-electron chi connectivity index (χ1n) is 8.11. The topological polar surface area (TPSA) is 34.0 Å². The van der Waals surface area contributed by atoms with Gasteiger partial charge in [0, 0.05) is 18.3 Å². The Kier molecular flexibility index (Phi) is 4.67. The molecule has 0 aliphatic rings. The van der Waals surface area contributed by atoms with Gasteiger partial charge >= 0.3 is 5.97 Å². The smallest absolute Gasteiger partial charge is 0.340 e. The summed E-state index contributed by atoms with van der Waals surface area (Å²) in [4.78, 5) is 14.5. The number of carbonyl (C=O) groups is 1. The highest BCUT2D eigenvalue weighted by Crippen LogP contribution is 2.28. The van der Waals surface area contributed by atoms with E-state index < -0.39 is 0 Å². The van der Waals surface area contributed by atoms with Crippen molar-refractivity contribution in [3.63, 3.8) is 0 Å². The van der Waals surface area contributed by atoms with E-state index in [4.69, 9.17) is 4.74 Å². The van der Waals surface area contributed by atoms with Crippen LogP contribution in [-0.4, -0.2) is 36.0 Å². The minimum absolute atomic E-state index is 0.284. The lowest BCUT2D eigenvalue weighted by Gasteiger charge is -2.11. The van der Waals surface area contributed by atoms with Gasteiger partial charge in [0.2, 0.25) is 0 Å². The summed E-state index contributed by atoms with van der Waals surface area (Å²) in [5.41, 5.74) is 4.70. The van der Waals surface area contributed by atoms with Gasteiger partial charge in [0.1, 0.15) is 0 Å². The molecule has 0 atom stereocenters. The minimum Gasteiger partial charge on any atom is -0.462 e. The second-order valence-corrected chi connectivity index (χ2v) is 6.06. The van der Waals surface area contributed by atoms with Gasteiger partial charge in [-0.15, -0.1) is 0 Å². The molecule has 0 unspecified atom stereocenters. The van der Waals surface area contributed by atoms with Crippen molar-refractivity contribution in [1.82, 2.24) is 9.30 Å². The van der Waals surface area contributed by atoms with Crippen LogP contribution in [0, 0.1) is 0 Å². The van der Waals surface area contributed by atoms with Crippen molar-refractivity contribution in [2.75, 3.05) is 20.7 Å². The molecule has 2 heterocycles. The highest BCUT2D eigenvalue weighted by Gasteiger charge is 2.19. The average Bonchev–Trinajstić information content (AvgIpc) is 2.95. The molecule has 0 radical (unpaired) electrons.